The summed E-state index contributed by atoms with van der Waals surface area (Å²) in [5.41, 5.74) is 1.87. The van der Waals surface area contributed by atoms with Crippen LogP contribution in [0.2, 0.25) is 0 Å². The molecular formula is C23H28N4O3. The van der Waals surface area contributed by atoms with Gasteiger partial charge in [-0.15, -0.1) is 0 Å². The van der Waals surface area contributed by atoms with Crippen molar-refractivity contribution in [2.75, 3.05) is 13.1 Å². The summed E-state index contributed by atoms with van der Waals surface area (Å²) in [6.07, 6.45) is 6.22. The lowest BCUT2D eigenvalue weighted by Gasteiger charge is -2.33. The number of aromatic nitrogens is 2. The van der Waals surface area contributed by atoms with Crippen LogP contribution in [-0.4, -0.2) is 45.4 Å². The standard InChI is InChI=1S/C23H28N4O3/c1-17-8-4-5-14-26(17)22(28)16-27-19-10-3-2-9-18(19)25-21(27)12-6-13-24-23(29)20-11-7-15-30-20/h2-3,7,9-11,15,17H,4-6,8,12-14,16H2,1H3,(H,24,29). The molecule has 158 valence electrons. The topological polar surface area (TPSA) is 80.4 Å². The zero-order valence-corrected chi connectivity index (χ0v) is 17.3. The van der Waals surface area contributed by atoms with E-state index in [9.17, 15) is 9.59 Å². The smallest absolute Gasteiger partial charge is 0.286 e. The minimum atomic E-state index is -0.220. The molecule has 7 heteroatoms. The third kappa shape index (κ3) is 4.40. The largest absolute Gasteiger partial charge is 0.459 e. The lowest BCUT2D eigenvalue weighted by molar-refractivity contribution is -0.135. The number of nitrogens with one attached hydrogen (secondary N) is 1. The Labute approximate surface area is 176 Å². The van der Waals surface area contributed by atoms with Crippen molar-refractivity contribution in [1.29, 1.82) is 0 Å². The molecule has 1 saturated heterocycles. The zero-order valence-electron chi connectivity index (χ0n) is 17.3. The number of carbonyl (C=O) groups is 2. The molecule has 1 aliphatic heterocycles. The molecule has 0 saturated carbocycles. The number of fused-ring (bicyclic) bond motifs is 1. The lowest BCUT2D eigenvalue weighted by atomic mass is 10.0. The van der Waals surface area contributed by atoms with E-state index in [1.54, 1.807) is 12.1 Å². The van der Waals surface area contributed by atoms with Crippen LogP contribution in [0.5, 0.6) is 0 Å². The molecule has 1 N–H and O–H groups in total. The van der Waals surface area contributed by atoms with Crippen molar-refractivity contribution >= 4 is 22.8 Å². The van der Waals surface area contributed by atoms with Gasteiger partial charge in [0.25, 0.3) is 5.91 Å². The monoisotopic (exact) mass is 408 g/mol. The van der Waals surface area contributed by atoms with Gasteiger partial charge >= 0.3 is 0 Å². The second-order valence-electron chi connectivity index (χ2n) is 7.87. The Morgan fingerprint density at radius 1 is 1.20 bits per heavy atom. The van der Waals surface area contributed by atoms with Gasteiger partial charge < -0.3 is 19.2 Å². The van der Waals surface area contributed by atoms with Crippen LogP contribution in [0.4, 0.5) is 0 Å². The average Bonchev–Trinajstić information content (AvgIpc) is 3.40. The predicted octanol–water partition coefficient (Wildman–Crippen LogP) is 3.39. The van der Waals surface area contributed by atoms with Crippen LogP contribution in [0.1, 0.15) is 49.0 Å². The highest BCUT2D eigenvalue weighted by Gasteiger charge is 2.24. The molecule has 3 aromatic rings. The van der Waals surface area contributed by atoms with Gasteiger partial charge in [-0.25, -0.2) is 4.98 Å². The number of para-hydroxylation sites is 2. The number of likely N-dealkylation sites (tertiary alicyclic amines) is 1. The van der Waals surface area contributed by atoms with Crippen LogP contribution in [0, 0.1) is 0 Å². The first-order chi connectivity index (χ1) is 14.6. The molecule has 0 radical (unpaired) electrons. The quantitative estimate of drug-likeness (QED) is 0.608. The van der Waals surface area contributed by atoms with Gasteiger partial charge in [0.2, 0.25) is 5.91 Å². The van der Waals surface area contributed by atoms with Crippen molar-refractivity contribution in [2.24, 2.45) is 0 Å². The Bertz CT molecular complexity index is 1010. The average molecular weight is 409 g/mol. The maximum atomic E-state index is 13.0. The SMILES string of the molecule is CC1CCCCN1C(=O)Cn1c(CCCNC(=O)c2ccco2)nc2ccccc21. The van der Waals surface area contributed by atoms with Crippen LogP contribution >= 0.6 is 0 Å². The number of carbonyl (C=O) groups excluding carboxylic acids is 2. The molecule has 1 unspecified atom stereocenters. The van der Waals surface area contributed by atoms with Crippen molar-refractivity contribution in [3.05, 3.63) is 54.2 Å². The fourth-order valence-corrected chi connectivity index (χ4v) is 4.13. The van der Waals surface area contributed by atoms with Crippen LogP contribution in [0.25, 0.3) is 11.0 Å². The van der Waals surface area contributed by atoms with Crippen molar-refractivity contribution in [3.8, 4) is 0 Å². The number of hydrogen-bond donors (Lipinski definition) is 1. The molecule has 2 aromatic heterocycles. The van der Waals surface area contributed by atoms with E-state index in [0.717, 1.165) is 42.7 Å². The van der Waals surface area contributed by atoms with Gasteiger partial charge in [-0.05, 0) is 56.9 Å². The first-order valence-corrected chi connectivity index (χ1v) is 10.7. The summed E-state index contributed by atoms with van der Waals surface area (Å²) in [5.74, 6) is 1.12. The Balaban J connectivity index is 1.43. The van der Waals surface area contributed by atoms with Gasteiger partial charge in [0, 0.05) is 25.6 Å². The van der Waals surface area contributed by atoms with Crippen molar-refractivity contribution < 1.29 is 14.0 Å². The highest BCUT2D eigenvalue weighted by atomic mass is 16.3. The number of aryl methyl sites for hydroxylation is 1. The second-order valence-corrected chi connectivity index (χ2v) is 7.87. The number of rotatable bonds is 7. The molecule has 7 nitrogen and oxygen atoms in total. The van der Waals surface area contributed by atoms with Crippen molar-refractivity contribution in [1.82, 2.24) is 19.8 Å². The molecule has 30 heavy (non-hydrogen) atoms. The van der Waals surface area contributed by atoms with E-state index in [0.29, 0.717) is 31.3 Å². The number of nitrogens with zero attached hydrogens (tertiary/aromatic N) is 3. The van der Waals surface area contributed by atoms with E-state index >= 15 is 0 Å². The van der Waals surface area contributed by atoms with Crippen LogP contribution in [0.3, 0.4) is 0 Å². The Kier molecular flexibility index (Phi) is 6.16. The molecule has 1 aliphatic rings. The van der Waals surface area contributed by atoms with Crippen LogP contribution in [0.15, 0.2) is 47.1 Å². The Hall–Kier alpha value is -3.09. The minimum absolute atomic E-state index is 0.151. The van der Waals surface area contributed by atoms with Gasteiger partial charge in [0.05, 0.1) is 17.3 Å². The van der Waals surface area contributed by atoms with E-state index in [2.05, 4.69) is 12.2 Å². The highest BCUT2D eigenvalue weighted by Crippen LogP contribution is 2.20. The fourth-order valence-electron chi connectivity index (χ4n) is 4.13. The fraction of sp³-hybridized carbons (Fsp3) is 0.435. The van der Waals surface area contributed by atoms with Gasteiger partial charge in [-0.3, -0.25) is 9.59 Å². The number of hydrogen-bond acceptors (Lipinski definition) is 4. The van der Waals surface area contributed by atoms with E-state index < -0.39 is 0 Å². The Morgan fingerprint density at radius 3 is 2.87 bits per heavy atom. The lowest BCUT2D eigenvalue weighted by Crippen LogP contribution is -2.43. The molecule has 2 amide bonds. The number of imidazole rings is 1. The first-order valence-electron chi connectivity index (χ1n) is 10.7. The van der Waals surface area contributed by atoms with E-state index in [1.165, 1.54) is 12.7 Å². The first kappa shape index (κ1) is 20.2. The molecule has 0 bridgehead atoms. The summed E-state index contributed by atoms with van der Waals surface area (Å²) in [4.78, 5) is 31.8. The normalized spacial score (nSPS) is 16.7. The summed E-state index contributed by atoms with van der Waals surface area (Å²) in [6, 6.07) is 11.5. The van der Waals surface area contributed by atoms with Gasteiger partial charge in [0.1, 0.15) is 12.4 Å². The number of amides is 2. The molecule has 1 aromatic carbocycles. The number of benzene rings is 1. The minimum Gasteiger partial charge on any atom is -0.459 e. The summed E-state index contributed by atoms with van der Waals surface area (Å²) in [5, 5.41) is 2.86. The summed E-state index contributed by atoms with van der Waals surface area (Å²) in [7, 11) is 0. The number of furan rings is 1. The van der Waals surface area contributed by atoms with E-state index in [1.807, 2.05) is 33.7 Å². The van der Waals surface area contributed by atoms with Gasteiger partial charge in [0.15, 0.2) is 5.76 Å². The van der Waals surface area contributed by atoms with Gasteiger partial charge in [-0.2, -0.15) is 0 Å². The number of piperidine rings is 1. The summed E-state index contributed by atoms with van der Waals surface area (Å²) in [6.45, 7) is 3.78. The second kappa shape index (κ2) is 9.15. The van der Waals surface area contributed by atoms with E-state index in [4.69, 9.17) is 9.40 Å². The van der Waals surface area contributed by atoms with Gasteiger partial charge in [-0.1, -0.05) is 12.1 Å². The molecule has 0 spiro atoms. The maximum absolute atomic E-state index is 13.0. The van der Waals surface area contributed by atoms with Crippen molar-refractivity contribution in [3.63, 3.8) is 0 Å². The third-order valence-electron chi connectivity index (χ3n) is 5.76. The predicted molar refractivity (Wildman–Crippen MR) is 114 cm³/mol. The molecular weight excluding hydrogens is 380 g/mol. The molecule has 1 fully saturated rings. The summed E-state index contributed by atoms with van der Waals surface area (Å²) < 4.78 is 7.14. The highest BCUT2D eigenvalue weighted by molar-refractivity contribution is 5.91. The maximum Gasteiger partial charge on any atom is 0.286 e. The molecule has 0 aliphatic carbocycles. The van der Waals surface area contributed by atoms with Crippen LogP contribution < -0.4 is 5.32 Å². The molecule has 1 atom stereocenters. The molecule has 4 rings (SSSR count). The Morgan fingerprint density at radius 2 is 2.07 bits per heavy atom. The third-order valence-corrected chi connectivity index (χ3v) is 5.76. The van der Waals surface area contributed by atoms with Crippen LogP contribution in [-0.2, 0) is 17.8 Å². The summed E-state index contributed by atoms with van der Waals surface area (Å²) >= 11 is 0. The zero-order chi connectivity index (χ0) is 20.9. The molecule has 3 heterocycles. The van der Waals surface area contributed by atoms with Crippen molar-refractivity contribution in [2.45, 2.75) is 51.6 Å². The van der Waals surface area contributed by atoms with E-state index in [-0.39, 0.29) is 11.8 Å².